The number of fused-ring (bicyclic) bond motifs is 2. The summed E-state index contributed by atoms with van der Waals surface area (Å²) in [5, 5.41) is 3.61. The highest BCUT2D eigenvalue weighted by atomic mass is 32.1. The van der Waals surface area contributed by atoms with E-state index in [0.29, 0.717) is 28.8 Å². The summed E-state index contributed by atoms with van der Waals surface area (Å²) >= 11 is 1.53. The van der Waals surface area contributed by atoms with Crippen LogP contribution in [0.15, 0.2) is 36.8 Å². The van der Waals surface area contributed by atoms with E-state index in [1.165, 1.54) is 11.3 Å². The SMILES string of the molecule is Cc1cnc(-c2cc(OC3CC4CC3CN4C)cc(C(=O)N[C@H](C)c3cnc(C(F)(F)F)nc3)c2)s1. The third-order valence-corrected chi connectivity index (χ3v) is 7.81. The van der Waals surface area contributed by atoms with Crippen molar-refractivity contribution >= 4 is 17.2 Å². The van der Waals surface area contributed by atoms with Crippen molar-refractivity contribution in [1.29, 1.82) is 0 Å². The number of amides is 1. The first-order valence-corrected chi connectivity index (χ1v) is 12.5. The van der Waals surface area contributed by atoms with Crippen molar-refractivity contribution in [3.05, 3.63) is 58.6 Å². The molecule has 2 bridgehead atoms. The molecule has 1 aliphatic heterocycles. The van der Waals surface area contributed by atoms with Crippen molar-refractivity contribution in [1.82, 2.24) is 25.2 Å². The van der Waals surface area contributed by atoms with Crippen molar-refractivity contribution < 1.29 is 22.7 Å². The Hall–Kier alpha value is -3.05. The smallest absolute Gasteiger partial charge is 0.451 e. The van der Waals surface area contributed by atoms with E-state index in [0.717, 1.165) is 47.2 Å². The van der Waals surface area contributed by atoms with Gasteiger partial charge in [-0.25, -0.2) is 15.0 Å². The molecule has 1 saturated heterocycles. The molecular formula is C25H26F3N5O2S. The summed E-state index contributed by atoms with van der Waals surface area (Å²) in [6.07, 6.45) is 1.49. The summed E-state index contributed by atoms with van der Waals surface area (Å²) in [6.45, 7) is 4.64. The Morgan fingerprint density at radius 2 is 1.92 bits per heavy atom. The van der Waals surface area contributed by atoms with Gasteiger partial charge >= 0.3 is 6.18 Å². The molecule has 1 saturated carbocycles. The molecule has 2 fully saturated rings. The van der Waals surface area contributed by atoms with E-state index in [1.54, 1.807) is 25.3 Å². The second kappa shape index (κ2) is 9.44. The lowest BCUT2D eigenvalue weighted by Crippen LogP contribution is -2.37. The highest BCUT2D eigenvalue weighted by Crippen LogP contribution is 2.40. The molecule has 1 amide bonds. The molecule has 7 nitrogen and oxygen atoms in total. The largest absolute Gasteiger partial charge is 0.490 e. The van der Waals surface area contributed by atoms with Crippen molar-refractivity contribution in [2.24, 2.45) is 5.92 Å². The van der Waals surface area contributed by atoms with Gasteiger partial charge in [-0.3, -0.25) is 4.79 Å². The lowest BCUT2D eigenvalue weighted by molar-refractivity contribution is -0.145. The van der Waals surface area contributed by atoms with Gasteiger partial charge < -0.3 is 15.0 Å². The molecule has 3 aromatic rings. The molecule has 1 N–H and O–H groups in total. The van der Waals surface area contributed by atoms with Crippen molar-refractivity contribution in [3.63, 3.8) is 0 Å². The summed E-state index contributed by atoms with van der Waals surface area (Å²) < 4.78 is 44.7. The molecule has 0 radical (unpaired) electrons. The lowest BCUT2D eigenvalue weighted by atomic mass is 10.1. The maximum atomic E-state index is 13.2. The van der Waals surface area contributed by atoms with E-state index < -0.39 is 18.0 Å². The molecule has 1 aromatic carbocycles. The number of piperidine rings is 1. The second-order valence-corrected chi connectivity index (χ2v) is 10.8. The number of rotatable bonds is 6. The monoisotopic (exact) mass is 517 g/mol. The molecule has 4 atom stereocenters. The molecule has 1 aliphatic carbocycles. The van der Waals surface area contributed by atoms with Crippen LogP contribution in [0.2, 0.25) is 0 Å². The minimum atomic E-state index is -4.62. The fourth-order valence-electron chi connectivity index (χ4n) is 4.93. The number of benzene rings is 1. The Bertz CT molecular complexity index is 1260. The first kappa shape index (κ1) is 24.6. The summed E-state index contributed by atoms with van der Waals surface area (Å²) in [6, 6.07) is 5.31. The van der Waals surface area contributed by atoms with Crippen LogP contribution >= 0.6 is 11.3 Å². The summed E-state index contributed by atoms with van der Waals surface area (Å²) in [5.41, 5.74) is 1.53. The third kappa shape index (κ3) is 5.08. The standard InChI is InChI=1S/C25H26F3N5O2S/c1-13-9-29-23(36-13)16-4-15(6-20(7-16)35-21-8-19-5-17(21)12-33(19)3)22(34)32-14(2)18-10-30-24(31-11-18)25(26,27)28/h4,6-7,9-11,14,17,19,21H,5,8,12H2,1-3H3,(H,32,34)/t14-,17?,19?,21?/m1/s1. The minimum absolute atomic E-state index is 0.0959. The van der Waals surface area contributed by atoms with Gasteiger partial charge in [0.1, 0.15) is 16.9 Å². The maximum absolute atomic E-state index is 13.2. The number of nitrogens with zero attached hydrogens (tertiary/aromatic N) is 4. The molecule has 5 rings (SSSR count). The molecule has 36 heavy (non-hydrogen) atoms. The normalized spacial score (nSPS) is 22.6. The Morgan fingerprint density at radius 1 is 1.17 bits per heavy atom. The van der Waals surface area contributed by atoms with E-state index in [-0.39, 0.29) is 12.0 Å². The molecular weight excluding hydrogens is 491 g/mol. The van der Waals surface area contributed by atoms with Crippen molar-refractivity contribution in [2.75, 3.05) is 13.6 Å². The van der Waals surface area contributed by atoms with Crippen LogP contribution < -0.4 is 10.1 Å². The Labute approximate surface area is 210 Å². The van der Waals surface area contributed by atoms with Gasteiger partial charge in [0.05, 0.1) is 6.04 Å². The Kier molecular flexibility index (Phi) is 6.46. The van der Waals surface area contributed by atoms with Gasteiger partial charge in [-0.15, -0.1) is 11.3 Å². The molecule has 0 spiro atoms. The van der Waals surface area contributed by atoms with Crippen LogP contribution in [-0.4, -0.2) is 51.5 Å². The number of aryl methyl sites for hydroxylation is 1. The van der Waals surface area contributed by atoms with E-state index >= 15 is 0 Å². The maximum Gasteiger partial charge on any atom is 0.451 e. The number of halogens is 3. The zero-order valence-electron chi connectivity index (χ0n) is 20.0. The van der Waals surface area contributed by atoms with E-state index in [1.807, 2.05) is 13.0 Å². The number of hydrogen-bond donors (Lipinski definition) is 1. The van der Waals surface area contributed by atoms with Crippen LogP contribution in [0.1, 0.15) is 52.4 Å². The van der Waals surface area contributed by atoms with Gasteiger partial charge in [-0.1, -0.05) is 0 Å². The van der Waals surface area contributed by atoms with Crippen LogP contribution in [0.5, 0.6) is 5.75 Å². The second-order valence-electron chi connectivity index (χ2n) is 9.54. The van der Waals surface area contributed by atoms with E-state index in [4.69, 9.17) is 4.74 Å². The number of alkyl halides is 3. The van der Waals surface area contributed by atoms with Crippen LogP contribution in [-0.2, 0) is 6.18 Å². The lowest BCUT2D eigenvalue weighted by Gasteiger charge is -2.29. The van der Waals surface area contributed by atoms with Crippen LogP contribution in [0, 0.1) is 12.8 Å². The summed E-state index contributed by atoms with van der Waals surface area (Å²) in [4.78, 5) is 27.8. The quantitative estimate of drug-likeness (QED) is 0.502. The molecule has 2 aromatic heterocycles. The molecule has 3 unspecified atom stereocenters. The zero-order chi connectivity index (χ0) is 25.6. The predicted octanol–water partition coefficient (Wildman–Crippen LogP) is 4.89. The summed E-state index contributed by atoms with van der Waals surface area (Å²) in [5.74, 6) is -0.529. The number of ether oxygens (including phenoxy) is 1. The summed E-state index contributed by atoms with van der Waals surface area (Å²) in [7, 11) is 2.14. The highest BCUT2D eigenvalue weighted by Gasteiger charge is 2.44. The van der Waals surface area contributed by atoms with Gasteiger partial charge in [0.2, 0.25) is 5.82 Å². The first-order valence-electron chi connectivity index (χ1n) is 11.7. The average Bonchev–Trinajstić information content (AvgIpc) is 3.54. The number of likely N-dealkylation sites (tertiary alicyclic amines) is 1. The first-order chi connectivity index (χ1) is 17.1. The van der Waals surface area contributed by atoms with Crippen molar-refractivity contribution in [3.8, 4) is 16.3 Å². The van der Waals surface area contributed by atoms with E-state index in [2.05, 4.69) is 32.2 Å². The highest BCUT2D eigenvalue weighted by molar-refractivity contribution is 7.14. The Balaban J connectivity index is 1.37. The van der Waals surface area contributed by atoms with Crippen LogP contribution in [0.25, 0.3) is 10.6 Å². The van der Waals surface area contributed by atoms with Gasteiger partial charge in [0.15, 0.2) is 0 Å². The number of carbonyl (C=O) groups excluding carboxylic acids is 1. The van der Waals surface area contributed by atoms with Crippen molar-refractivity contribution in [2.45, 2.75) is 51.1 Å². The third-order valence-electron chi connectivity index (χ3n) is 6.85. The van der Waals surface area contributed by atoms with Gasteiger partial charge in [-0.05, 0) is 45.5 Å². The number of hydrogen-bond acceptors (Lipinski definition) is 7. The van der Waals surface area contributed by atoms with Gasteiger partial charge in [-0.2, -0.15) is 13.2 Å². The van der Waals surface area contributed by atoms with Crippen LogP contribution in [0.4, 0.5) is 13.2 Å². The number of aromatic nitrogens is 3. The molecule has 2 aliphatic rings. The number of thiazole rings is 1. The fraction of sp³-hybridized carbons (Fsp3) is 0.440. The minimum Gasteiger partial charge on any atom is -0.490 e. The fourth-order valence-corrected chi connectivity index (χ4v) is 5.68. The average molecular weight is 518 g/mol. The predicted molar refractivity (Wildman–Crippen MR) is 129 cm³/mol. The molecule has 3 heterocycles. The van der Waals surface area contributed by atoms with Gasteiger partial charge in [0, 0.05) is 65.1 Å². The topological polar surface area (TPSA) is 80.2 Å². The van der Waals surface area contributed by atoms with Crippen LogP contribution in [0.3, 0.4) is 0 Å². The van der Waals surface area contributed by atoms with Gasteiger partial charge in [0.25, 0.3) is 5.91 Å². The molecule has 11 heteroatoms. The Morgan fingerprint density at radius 3 is 2.50 bits per heavy atom. The van der Waals surface area contributed by atoms with E-state index in [9.17, 15) is 18.0 Å². The number of nitrogens with one attached hydrogen (secondary N) is 1. The zero-order valence-corrected chi connectivity index (χ0v) is 20.9. The number of carbonyl (C=O) groups is 1. The molecule has 190 valence electrons.